The van der Waals surface area contributed by atoms with Crippen LogP contribution < -0.4 is 0 Å². The van der Waals surface area contributed by atoms with Crippen LogP contribution in [0.5, 0.6) is 0 Å². The zero-order valence-electron chi connectivity index (χ0n) is 30.1. The Morgan fingerprint density at radius 2 is 0.524 bits per heavy atom. The topological polar surface area (TPSA) is 81.1 Å². The highest BCUT2D eigenvalue weighted by molar-refractivity contribution is 7.79. The minimum Gasteiger partial charge on any atom is -0.309 e. The smallest absolute Gasteiger partial charge is 0.309 e. The van der Waals surface area contributed by atoms with Gasteiger partial charge >= 0.3 is 10.4 Å². The molecule has 42 heavy (non-hydrogen) atoms. The molecule has 0 aromatic rings. The average Bonchev–Trinajstić information content (AvgIpc) is 2.89. The molecular formula is C35H80N2O4S. The van der Waals surface area contributed by atoms with Gasteiger partial charge in [-0.2, -0.15) is 8.42 Å². The van der Waals surface area contributed by atoms with Crippen molar-refractivity contribution in [1.29, 1.82) is 0 Å². The molecule has 0 aromatic carbocycles. The fourth-order valence-corrected chi connectivity index (χ4v) is 4.54. The molecule has 2 N–H and O–H groups in total. The molecule has 260 valence electrons. The first-order valence-electron chi connectivity index (χ1n) is 17.9. The van der Waals surface area contributed by atoms with Gasteiger partial charge in [-0.3, -0.25) is 9.11 Å². The van der Waals surface area contributed by atoms with Gasteiger partial charge in [-0.1, -0.05) is 175 Å². The van der Waals surface area contributed by atoms with Gasteiger partial charge < -0.3 is 9.80 Å². The van der Waals surface area contributed by atoms with Gasteiger partial charge in [0.25, 0.3) is 0 Å². The summed E-state index contributed by atoms with van der Waals surface area (Å²) in [7, 11) is 3.99. The van der Waals surface area contributed by atoms with Gasteiger partial charge in [0.1, 0.15) is 0 Å². The third-order valence-corrected chi connectivity index (χ3v) is 6.92. The second kappa shape index (κ2) is 42.9. The Morgan fingerprint density at radius 3 is 0.667 bits per heavy atom. The Labute approximate surface area is 266 Å². The predicted octanol–water partition coefficient (Wildman–Crippen LogP) is 11.3. The molecule has 0 aromatic heterocycles. The van der Waals surface area contributed by atoms with Gasteiger partial charge in [-0.25, -0.2) is 0 Å². The standard InChI is InChI=1S/2C16H35N.C3H8.H2O4S/c2*1-4-5-6-7-8-9-10-11-12-13-14-15-16-17(2)3;1-3-2;1-5(2,3)4/h2*4-16H2,1-3H3;3H2,1-2H3;(H2,1,2,3,4). The van der Waals surface area contributed by atoms with E-state index in [1.54, 1.807) is 0 Å². The summed E-state index contributed by atoms with van der Waals surface area (Å²) >= 11 is 0. The quantitative estimate of drug-likeness (QED) is 0.0736. The Bertz CT molecular complexity index is 503. The van der Waals surface area contributed by atoms with Crippen molar-refractivity contribution in [3.05, 3.63) is 0 Å². The van der Waals surface area contributed by atoms with E-state index in [4.69, 9.17) is 17.5 Å². The molecule has 0 fully saturated rings. The second-order valence-electron chi connectivity index (χ2n) is 12.5. The van der Waals surface area contributed by atoms with E-state index < -0.39 is 10.4 Å². The van der Waals surface area contributed by atoms with E-state index >= 15 is 0 Å². The third kappa shape index (κ3) is 77.5. The molecule has 0 radical (unpaired) electrons. The van der Waals surface area contributed by atoms with Crippen LogP contribution in [0.4, 0.5) is 0 Å². The van der Waals surface area contributed by atoms with E-state index in [1.165, 1.54) is 174 Å². The zero-order chi connectivity index (χ0) is 32.7. The van der Waals surface area contributed by atoms with E-state index in [9.17, 15) is 0 Å². The molecule has 0 unspecified atom stereocenters. The molecule has 0 amide bonds. The molecular weight excluding hydrogens is 544 g/mol. The van der Waals surface area contributed by atoms with Crippen LogP contribution in [-0.4, -0.2) is 68.6 Å². The van der Waals surface area contributed by atoms with E-state index in [-0.39, 0.29) is 0 Å². The van der Waals surface area contributed by atoms with Crippen molar-refractivity contribution >= 4 is 10.4 Å². The second-order valence-corrected chi connectivity index (χ2v) is 13.4. The van der Waals surface area contributed by atoms with Crippen molar-refractivity contribution in [2.24, 2.45) is 0 Å². The Balaban J connectivity index is -0.000000273. The van der Waals surface area contributed by atoms with Crippen LogP contribution >= 0.6 is 0 Å². The van der Waals surface area contributed by atoms with Gasteiger partial charge in [0, 0.05) is 0 Å². The van der Waals surface area contributed by atoms with Crippen LogP contribution in [-0.2, 0) is 10.4 Å². The fourth-order valence-electron chi connectivity index (χ4n) is 4.54. The monoisotopic (exact) mass is 625 g/mol. The Hall–Kier alpha value is -0.210. The van der Waals surface area contributed by atoms with Gasteiger partial charge in [-0.05, 0) is 54.1 Å². The van der Waals surface area contributed by atoms with Crippen LogP contribution in [0.3, 0.4) is 0 Å². The van der Waals surface area contributed by atoms with Crippen LogP contribution in [0.25, 0.3) is 0 Å². The summed E-state index contributed by atoms with van der Waals surface area (Å²) in [5.74, 6) is 0. The van der Waals surface area contributed by atoms with Gasteiger partial charge in [-0.15, -0.1) is 0 Å². The maximum absolute atomic E-state index is 8.74. The molecule has 0 aliphatic rings. The lowest BCUT2D eigenvalue weighted by Crippen LogP contribution is -2.12. The SMILES string of the molecule is CCC.CCCCCCCCCCCCCCN(C)C.CCCCCCCCCCCCCCN(C)C.O=S(=O)(O)O. The highest BCUT2D eigenvalue weighted by atomic mass is 32.3. The van der Waals surface area contributed by atoms with Crippen LogP contribution in [0.1, 0.15) is 188 Å². The molecule has 0 saturated heterocycles. The minimum atomic E-state index is -4.67. The van der Waals surface area contributed by atoms with Crippen LogP contribution in [0.2, 0.25) is 0 Å². The molecule has 0 spiro atoms. The van der Waals surface area contributed by atoms with Crippen LogP contribution in [0.15, 0.2) is 0 Å². The van der Waals surface area contributed by atoms with Crippen molar-refractivity contribution in [3.63, 3.8) is 0 Å². The molecule has 0 aliphatic heterocycles. The fraction of sp³-hybridized carbons (Fsp3) is 1.00. The largest absolute Gasteiger partial charge is 0.394 e. The summed E-state index contributed by atoms with van der Waals surface area (Å²) in [4.78, 5) is 4.58. The number of nitrogens with zero attached hydrogens (tertiary/aromatic N) is 2. The average molecular weight is 625 g/mol. The first kappa shape index (κ1) is 48.7. The Kier molecular flexibility index (Phi) is 49.8. The van der Waals surface area contributed by atoms with Crippen molar-refractivity contribution in [2.45, 2.75) is 188 Å². The summed E-state index contributed by atoms with van der Waals surface area (Å²) in [6, 6.07) is 0. The highest BCUT2D eigenvalue weighted by Gasteiger charge is 1.95. The number of hydrogen-bond donors (Lipinski definition) is 2. The molecule has 0 rings (SSSR count). The summed E-state index contributed by atoms with van der Waals surface area (Å²) in [6.45, 7) is 11.3. The van der Waals surface area contributed by atoms with Crippen molar-refractivity contribution in [3.8, 4) is 0 Å². The van der Waals surface area contributed by atoms with Crippen LogP contribution in [0, 0.1) is 0 Å². The van der Waals surface area contributed by atoms with E-state index in [2.05, 4.69) is 65.7 Å². The first-order chi connectivity index (χ1) is 20.0. The summed E-state index contributed by atoms with van der Waals surface area (Å²) < 4.78 is 31.6. The summed E-state index contributed by atoms with van der Waals surface area (Å²) in [5, 5.41) is 0. The van der Waals surface area contributed by atoms with E-state index in [0.717, 1.165) is 0 Å². The Morgan fingerprint density at radius 1 is 0.381 bits per heavy atom. The lowest BCUT2D eigenvalue weighted by Gasteiger charge is -2.08. The first-order valence-corrected chi connectivity index (χ1v) is 19.3. The van der Waals surface area contributed by atoms with Gasteiger partial charge in [0.15, 0.2) is 0 Å². The van der Waals surface area contributed by atoms with Crippen molar-refractivity contribution in [2.75, 3.05) is 41.3 Å². The number of unbranched alkanes of at least 4 members (excludes halogenated alkanes) is 22. The number of rotatable bonds is 26. The molecule has 0 aliphatic carbocycles. The lowest BCUT2D eigenvalue weighted by molar-refractivity contribution is 0.381. The summed E-state index contributed by atoms with van der Waals surface area (Å²) in [5.41, 5.74) is 0. The van der Waals surface area contributed by atoms with E-state index in [1.807, 2.05) is 0 Å². The van der Waals surface area contributed by atoms with Crippen molar-refractivity contribution in [1.82, 2.24) is 9.80 Å². The third-order valence-electron chi connectivity index (χ3n) is 6.92. The molecule has 7 heteroatoms. The number of hydrogen-bond acceptors (Lipinski definition) is 4. The molecule has 0 saturated carbocycles. The minimum absolute atomic E-state index is 1.25. The molecule has 0 heterocycles. The maximum Gasteiger partial charge on any atom is 0.394 e. The summed E-state index contributed by atoms with van der Waals surface area (Å²) in [6.07, 6.45) is 35.9. The highest BCUT2D eigenvalue weighted by Crippen LogP contribution is 2.13. The van der Waals surface area contributed by atoms with E-state index in [0.29, 0.717) is 0 Å². The maximum atomic E-state index is 8.74. The molecule has 0 bridgehead atoms. The normalized spacial score (nSPS) is 11.0. The van der Waals surface area contributed by atoms with Gasteiger partial charge in [0.05, 0.1) is 0 Å². The predicted molar refractivity (Wildman–Crippen MR) is 189 cm³/mol. The molecule has 6 nitrogen and oxygen atoms in total. The molecule has 0 atom stereocenters. The lowest BCUT2D eigenvalue weighted by atomic mass is 10.1. The van der Waals surface area contributed by atoms with Crippen molar-refractivity contribution < 1.29 is 17.5 Å². The zero-order valence-corrected chi connectivity index (χ0v) is 30.9. The van der Waals surface area contributed by atoms with Gasteiger partial charge in [0.2, 0.25) is 0 Å².